The molecule has 0 N–H and O–H groups in total. The normalized spacial score (nSPS) is 16.1. The number of rotatable bonds is 4. The van der Waals surface area contributed by atoms with Crippen molar-refractivity contribution in [3.05, 3.63) is 66.4 Å². The molecule has 0 saturated carbocycles. The van der Waals surface area contributed by atoms with Crippen molar-refractivity contribution in [3.63, 3.8) is 0 Å². The summed E-state index contributed by atoms with van der Waals surface area (Å²) in [4.78, 5) is 16.4. The lowest BCUT2D eigenvalue weighted by Gasteiger charge is -2.37. The third-order valence-electron chi connectivity index (χ3n) is 5.79. The average Bonchev–Trinajstić information content (AvgIpc) is 3.23. The molecule has 6 nitrogen and oxygen atoms in total. The van der Waals surface area contributed by atoms with E-state index in [0.29, 0.717) is 0 Å². The van der Waals surface area contributed by atoms with Gasteiger partial charge in [0.05, 0.1) is 12.8 Å². The van der Waals surface area contributed by atoms with E-state index in [-0.39, 0.29) is 0 Å². The Hall–Kier alpha value is -3.28. The Balaban J connectivity index is 1.32. The van der Waals surface area contributed by atoms with Gasteiger partial charge in [-0.2, -0.15) is 4.98 Å². The van der Waals surface area contributed by atoms with Crippen LogP contribution in [0.2, 0.25) is 0 Å². The second kappa shape index (κ2) is 7.62. The van der Waals surface area contributed by atoms with Gasteiger partial charge < -0.3 is 19.4 Å². The minimum Gasteiger partial charge on any atom is -0.495 e. The summed E-state index contributed by atoms with van der Waals surface area (Å²) in [6.07, 6.45) is 2.92. The molecule has 3 heterocycles. The molecule has 0 radical (unpaired) electrons. The Labute approximate surface area is 171 Å². The van der Waals surface area contributed by atoms with Crippen LogP contribution in [-0.2, 0) is 6.42 Å². The molecule has 0 amide bonds. The molecule has 29 heavy (non-hydrogen) atoms. The second-order valence-electron chi connectivity index (χ2n) is 7.39. The van der Waals surface area contributed by atoms with Gasteiger partial charge in [0.1, 0.15) is 11.6 Å². The highest BCUT2D eigenvalue weighted by Gasteiger charge is 2.24. The summed E-state index contributed by atoms with van der Waals surface area (Å²) in [6, 6.07) is 18.8. The summed E-state index contributed by atoms with van der Waals surface area (Å²) in [7, 11) is 1.73. The van der Waals surface area contributed by atoms with Gasteiger partial charge in [0.2, 0.25) is 5.95 Å². The summed E-state index contributed by atoms with van der Waals surface area (Å²) in [5, 5.41) is 0. The molecule has 0 unspecified atom stereocenters. The molecule has 2 aliphatic rings. The Bertz CT molecular complexity index is 1000. The van der Waals surface area contributed by atoms with E-state index < -0.39 is 0 Å². The third-order valence-corrected chi connectivity index (χ3v) is 5.79. The van der Waals surface area contributed by atoms with E-state index in [1.165, 1.54) is 11.3 Å². The van der Waals surface area contributed by atoms with Gasteiger partial charge in [-0.1, -0.05) is 30.3 Å². The van der Waals surface area contributed by atoms with E-state index in [1.807, 2.05) is 24.4 Å². The lowest BCUT2D eigenvalue weighted by molar-refractivity contribution is 0.413. The third kappa shape index (κ3) is 3.35. The average molecular weight is 387 g/mol. The minimum atomic E-state index is 0.791. The van der Waals surface area contributed by atoms with Crippen LogP contribution >= 0.6 is 0 Å². The van der Waals surface area contributed by atoms with Crippen molar-refractivity contribution >= 4 is 23.1 Å². The van der Waals surface area contributed by atoms with Crippen LogP contribution in [0.15, 0.2) is 60.8 Å². The highest BCUT2D eigenvalue weighted by atomic mass is 16.5. The van der Waals surface area contributed by atoms with Crippen LogP contribution in [0.5, 0.6) is 5.75 Å². The van der Waals surface area contributed by atoms with Crippen LogP contribution in [0.3, 0.4) is 0 Å². The van der Waals surface area contributed by atoms with E-state index in [9.17, 15) is 0 Å². The number of para-hydroxylation sites is 3. The number of hydrogen-bond donors (Lipinski definition) is 0. The van der Waals surface area contributed by atoms with Crippen LogP contribution in [0, 0.1) is 0 Å². The molecule has 1 aromatic heterocycles. The van der Waals surface area contributed by atoms with Crippen molar-refractivity contribution < 1.29 is 4.74 Å². The summed E-state index contributed by atoms with van der Waals surface area (Å²) >= 11 is 0. The molecule has 0 aliphatic carbocycles. The van der Waals surface area contributed by atoms with Gasteiger partial charge in [0.25, 0.3) is 0 Å². The van der Waals surface area contributed by atoms with Gasteiger partial charge in [-0.25, -0.2) is 4.98 Å². The number of benzene rings is 2. The Morgan fingerprint density at radius 3 is 2.34 bits per heavy atom. The van der Waals surface area contributed by atoms with Crippen LogP contribution in [0.4, 0.5) is 23.1 Å². The smallest absolute Gasteiger partial charge is 0.231 e. The molecule has 1 saturated heterocycles. The topological polar surface area (TPSA) is 44.7 Å². The molecule has 148 valence electrons. The fourth-order valence-electron chi connectivity index (χ4n) is 4.26. The molecule has 3 aromatic rings. The summed E-state index contributed by atoms with van der Waals surface area (Å²) in [5.41, 5.74) is 3.75. The molecule has 0 spiro atoms. The first-order chi connectivity index (χ1) is 14.3. The summed E-state index contributed by atoms with van der Waals surface area (Å²) in [6.45, 7) is 4.65. The number of hydrogen-bond acceptors (Lipinski definition) is 6. The molecule has 1 fully saturated rings. The number of fused-ring (bicyclic) bond motifs is 1. The van der Waals surface area contributed by atoms with Gasteiger partial charge in [0.15, 0.2) is 0 Å². The summed E-state index contributed by atoms with van der Waals surface area (Å²) in [5.74, 6) is 2.72. The first-order valence-corrected chi connectivity index (χ1v) is 10.1. The van der Waals surface area contributed by atoms with Crippen molar-refractivity contribution in [2.75, 3.05) is 54.5 Å². The summed E-state index contributed by atoms with van der Waals surface area (Å²) < 4.78 is 5.53. The van der Waals surface area contributed by atoms with E-state index >= 15 is 0 Å². The van der Waals surface area contributed by atoms with Crippen LogP contribution in [-0.4, -0.2) is 49.8 Å². The highest BCUT2D eigenvalue weighted by molar-refractivity contribution is 5.66. The number of ether oxygens (including phenoxy) is 1. The Kier molecular flexibility index (Phi) is 4.68. The van der Waals surface area contributed by atoms with E-state index in [4.69, 9.17) is 9.72 Å². The first kappa shape index (κ1) is 17.8. The van der Waals surface area contributed by atoms with Gasteiger partial charge in [-0.3, -0.25) is 0 Å². The molecule has 5 rings (SSSR count). The van der Waals surface area contributed by atoms with Crippen molar-refractivity contribution in [3.8, 4) is 5.75 Å². The lowest BCUT2D eigenvalue weighted by atomic mass is 10.2. The zero-order chi connectivity index (χ0) is 19.6. The fraction of sp³-hybridized carbons (Fsp3) is 0.304. The van der Waals surface area contributed by atoms with Gasteiger partial charge in [0, 0.05) is 44.6 Å². The largest absolute Gasteiger partial charge is 0.495 e. The van der Waals surface area contributed by atoms with Gasteiger partial charge >= 0.3 is 0 Å². The maximum absolute atomic E-state index is 5.53. The quantitative estimate of drug-likeness (QED) is 0.683. The molecule has 2 aliphatic heterocycles. The molecule has 0 bridgehead atoms. The Morgan fingerprint density at radius 2 is 1.52 bits per heavy atom. The van der Waals surface area contributed by atoms with Gasteiger partial charge in [-0.05, 0) is 36.2 Å². The molecular weight excluding hydrogens is 362 g/mol. The van der Waals surface area contributed by atoms with Crippen molar-refractivity contribution in [2.24, 2.45) is 0 Å². The SMILES string of the molecule is COc1ccccc1N1CCN(c2ccnc(N3CCc4ccccc43)n2)CC1. The van der Waals surface area contributed by atoms with E-state index in [1.54, 1.807) is 7.11 Å². The number of nitrogens with zero attached hydrogens (tertiary/aromatic N) is 5. The number of anilines is 4. The molecule has 6 heteroatoms. The fourth-order valence-corrected chi connectivity index (χ4v) is 4.26. The number of aromatic nitrogens is 2. The van der Waals surface area contributed by atoms with Crippen LogP contribution in [0.1, 0.15) is 5.56 Å². The van der Waals surface area contributed by atoms with Gasteiger partial charge in [-0.15, -0.1) is 0 Å². The van der Waals surface area contributed by atoms with Crippen LogP contribution < -0.4 is 19.4 Å². The molecule has 2 aromatic carbocycles. The van der Waals surface area contributed by atoms with E-state index in [0.717, 1.165) is 62.3 Å². The minimum absolute atomic E-state index is 0.791. The lowest BCUT2D eigenvalue weighted by Crippen LogP contribution is -2.47. The van der Waals surface area contributed by atoms with Crippen molar-refractivity contribution in [2.45, 2.75) is 6.42 Å². The maximum atomic E-state index is 5.53. The van der Waals surface area contributed by atoms with E-state index in [2.05, 4.69) is 56.1 Å². The maximum Gasteiger partial charge on any atom is 0.231 e. The highest BCUT2D eigenvalue weighted by Crippen LogP contribution is 2.33. The standard InChI is InChI=1S/C23H25N5O/c1-29-21-9-5-4-8-20(21)26-14-16-27(17-15-26)22-10-12-24-23(25-22)28-13-11-18-6-2-3-7-19(18)28/h2-10,12H,11,13-17H2,1H3. The monoisotopic (exact) mass is 387 g/mol. The number of methoxy groups -OCH3 is 1. The predicted molar refractivity (Wildman–Crippen MR) is 117 cm³/mol. The first-order valence-electron chi connectivity index (χ1n) is 10.1. The zero-order valence-electron chi connectivity index (χ0n) is 16.7. The van der Waals surface area contributed by atoms with Crippen molar-refractivity contribution in [1.82, 2.24) is 9.97 Å². The zero-order valence-corrected chi connectivity index (χ0v) is 16.7. The number of piperazine rings is 1. The van der Waals surface area contributed by atoms with Crippen LogP contribution in [0.25, 0.3) is 0 Å². The predicted octanol–water partition coefficient (Wildman–Crippen LogP) is 3.51. The Morgan fingerprint density at radius 1 is 0.793 bits per heavy atom. The van der Waals surface area contributed by atoms with Crippen molar-refractivity contribution in [1.29, 1.82) is 0 Å². The second-order valence-corrected chi connectivity index (χ2v) is 7.39. The molecular formula is C23H25N5O. The molecule has 0 atom stereocenters.